The van der Waals surface area contributed by atoms with Crippen molar-refractivity contribution in [3.8, 4) is 0 Å². The van der Waals surface area contributed by atoms with E-state index in [-0.39, 0.29) is 0 Å². The van der Waals surface area contributed by atoms with Gasteiger partial charge >= 0.3 is 5.97 Å². The maximum Gasteiger partial charge on any atom is 0.320 e. The van der Waals surface area contributed by atoms with Gasteiger partial charge in [0.1, 0.15) is 30.4 Å². The van der Waals surface area contributed by atoms with E-state index in [9.17, 15) is 24.9 Å². The third-order valence-corrected chi connectivity index (χ3v) is 3.86. The lowest BCUT2D eigenvalue weighted by molar-refractivity contribution is -0.253. The Balaban J connectivity index is 0.000000506. The van der Waals surface area contributed by atoms with Crippen LogP contribution in [-0.2, 0) is 14.3 Å². The van der Waals surface area contributed by atoms with Crippen molar-refractivity contribution in [2.75, 3.05) is 18.6 Å². The van der Waals surface area contributed by atoms with Crippen LogP contribution in [0.5, 0.6) is 0 Å². The predicted molar refractivity (Wildman–Crippen MR) is 86.2 cm³/mol. The summed E-state index contributed by atoms with van der Waals surface area (Å²) in [5, 5.41) is 47.7. The summed E-state index contributed by atoms with van der Waals surface area (Å²) in [5.41, 5.74) is 5.19. The molecule has 11 heteroatoms. The highest BCUT2D eigenvalue weighted by Gasteiger charge is 2.43. The minimum Gasteiger partial charge on any atom is -0.480 e. The first-order valence-corrected chi connectivity index (χ1v) is 8.60. The molecular weight excluding hydrogens is 344 g/mol. The van der Waals surface area contributed by atoms with Gasteiger partial charge in [-0.15, -0.1) is 0 Å². The van der Waals surface area contributed by atoms with Gasteiger partial charge < -0.3 is 41.3 Å². The van der Waals surface area contributed by atoms with Crippen molar-refractivity contribution in [2.45, 2.75) is 50.0 Å². The van der Waals surface area contributed by atoms with Gasteiger partial charge in [0.25, 0.3) is 0 Å². The molecule has 1 saturated heterocycles. The Kier molecular flexibility index (Phi) is 11.1. The minimum atomic E-state index is -1.45. The molecule has 0 saturated carbocycles. The molecule has 0 spiro atoms. The predicted octanol–water partition coefficient (Wildman–Crippen LogP) is -2.93. The molecule has 0 radical (unpaired) electrons. The van der Waals surface area contributed by atoms with Crippen molar-refractivity contribution in [1.82, 2.24) is 5.32 Å². The monoisotopic (exact) mass is 370 g/mol. The second kappa shape index (κ2) is 11.6. The van der Waals surface area contributed by atoms with E-state index >= 15 is 0 Å². The number of nitrogens with two attached hydrogens (primary N) is 1. The van der Waals surface area contributed by atoms with Crippen LogP contribution in [0.4, 0.5) is 0 Å². The molecule has 0 aromatic carbocycles. The zero-order valence-corrected chi connectivity index (χ0v) is 14.3. The molecule has 0 aromatic heterocycles. The maximum atomic E-state index is 10.7. The van der Waals surface area contributed by atoms with E-state index < -0.39 is 55.2 Å². The molecule has 1 fully saturated rings. The van der Waals surface area contributed by atoms with Crippen molar-refractivity contribution in [3.63, 3.8) is 0 Å². The van der Waals surface area contributed by atoms with Crippen LogP contribution in [-0.4, -0.2) is 92.7 Å². The Labute approximate surface area is 144 Å². The number of carboxylic acids is 1. The van der Waals surface area contributed by atoms with Crippen molar-refractivity contribution in [2.24, 2.45) is 5.73 Å². The van der Waals surface area contributed by atoms with Crippen LogP contribution < -0.4 is 11.1 Å². The number of rotatable bonds is 6. The normalized spacial score (nSPS) is 30.7. The zero-order valence-electron chi connectivity index (χ0n) is 13.5. The van der Waals surface area contributed by atoms with E-state index in [2.05, 4.69) is 5.32 Å². The molecule has 1 unspecified atom stereocenters. The highest BCUT2D eigenvalue weighted by atomic mass is 32.2. The number of nitrogens with one attached hydrogen (secondary N) is 1. The number of hydrogen-bond acceptors (Lipinski definition) is 9. The molecule has 142 valence electrons. The fourth-order valence-corrected chi connectivity index (χ4v) is 2.35. The number of amides is 1. The van der Waals surface area contributed by atoms with Crippen LogP contribution in [0.1, 0.15) is 13.3 Å². The molecule has 1 amide bonds. The highest BCUT2D eigenvalue weighted by Crippen LogP contribution is 2.19. The molecule has 1 aliphatic heterocycles. The summed E-state index contributed by atoms with van der Waals surface area (Å²) in [6.45, 7) is 0.687. The quantitative estimate of drug-likeness (QED) is 0.255. The second-order valence-electron chi connectivity index (χ2n) is 5.18. The van der Waals surface area contributed by atoms with Gasteiger partial charge in [-0.2, -0.15) is 11.8 Å². The molecule has 6 atom stereocenters. The van der Waals surface area contributed by atoms with Gasteiger partial charge in [-0.3, -0.25) is 9.59 Å². The minimum absolute atomic E-state index is 0.462. The van der Waals surface area contributed by atoms with Crippen molar-refractivity contribution >= 4 is 23.6 Å². The Morgan fingerprint density at radius 2 is 1.88 bits per heavy atom. The molecular formula is C13H26N2O8S. The van der Waals surface area contributed by atoms with Crippen LogP contribution in [0.2, 0.25) is 0 Å². The SMILES string of the molecule is CC(=O)N[C@H]1C(O)O[C@H](CO)[C@@H](O)[C@@H]1O.CSCC[C@H](N)C(=O)O. The van der Waals surface area contributed by atoms with E-state index in [0.29, 0.717) is 6.42 Å². The Bertz CT molecular complexity index is 400. The van der Waals surface area contributed by atoms with E-state index in [0.717, 1.165) is 5.75 Å². The first kappa shape index (κ1) is 23.1. The molecule has 0 aliphatic carbocycles. The Morgan fingerprint density at radius 3 is 2.29 bits per heavy atom. The maximum absolute atomic E-state index is 10.7. The van der Waals surface area contributed by atoms with E-state index in [1.54, 1.807) is 11.8 Å². The molecule has 1 aliphatic rings. The Hall–Kier alpha value is -0.950. The zero-order chi connectivity index (χ0) is 18.9. The number of thioether (sulfide) groups is 1. The van der Waals surface area contributed by atoms with Crippen LogP contribution in [0.15, 0.2) is 0 Å². The average Bonchev–Trinajstić information content (AvgIpc) is 2.52. The summed E-state index contributed by atoms with van der Waals surface area (Å²) in [6, 6.07) is -1.78. The number of carbonyl (C=O) groups excluding carboxylic acids is 1. The van der Waals surface area contributed by atoms with Crippen LogP contribution in [0, 0.1) is 0 Å². The average molecular weight is 370 g/mol. The number of carboxylic acid groups (broad SMARTS) is 1. The fraction of sp³-hybridized carbons (Fsp3) is 0.846. The lowest BCUT2D eigenvalue weighted by Gasteiger charge is -2.40. The summed E-state index contributed by atoms with van der Waals surface area (Å²) >= 11 is 1.60. The summed E-state index contributed by atoms with van der Waals surface area (Å²) in [4.78, 5) is 20.8. The van der Waals surface area contributed by atoms with Gasteiger partial charge in [-0.25, -0.2) is 0 Å². The first-order chi connectivity index (χ1) is 11.1. The van der Waals surface area contributed by atoms with Gasteiger partial charge in [-0.05, 0) is 18.4 Å². The smallest absolute Gasteiger partial charge is 0.320 e. The van der Waals surface area contributed by atoms with Gasteiger partial charge in [0.2, 0.25) is 5.91 Å². The highest BCUT2D eigenvalue weighted by molar-refractivity contribution is 7.98. The Morgan fingerprint density at radius 1 is 1.29 bits per heavy atom. The van der Waals surface area contributed by atoms with Crippen molar-refractivity contribution in [3.05, 3.63) is 0 Å². The largest absolute Gasteiger partial charge is 0.480 e. The van der Waals surface area contributed by atoms with Crippen LogP contribution >= 0.6 is 11.8 Å². The van der Waals surface area contributed by atoms with E-state index in [4.69, 9.17) is 20.7 Å². The number of hydrogen-bond donors (Lipinski definition) is 7. The van der Waals surface area contributed by atoms with E-state index in [1.807, 2.05) is 6.26 Å². The number of aliphatic hydroxyl groups is 4. The first-order valence-electron chi connectivity index (χ1n) is 7.20. The summed E-state index contributed by atoms with van der Waals surface area (Å²) < 4.78 is 4.81. The number of carbonyl (C=O) groups is 2. The topological polar surface area (TPSA) is 183 Å². The molecule has 24 heavy (non-hydrogen) atoms. The van der Waals surface area contributed by atoms with Crippen LogP contribution in [0.3, 0.4) is 0 Å². The molecule has 8 N–H and O–H groups in total. The third kappa shape index (κ3) is 7.75. The number of ether oxygens (including phenoxy) is 1. The molecule has 0 bridgehead atoms. The fourth-order valence-electron chi connectivity index (χ4n) is 1.86. The van der Waals surface area contributed by atoms with Gasteiger partial charge in [-0.1, -0.05) is 0 Å². The second-order valence-corrected chi connectivity index (χ2v) is 6.17. The summed E-state index contributed by atoms with van der Waals surface area (Å²) in [5.74, 6) is -0.562. The van der Waals surface area contributed by atoms with Gasteiger partial charge in [0.15, 0.2) is 6.29 Å². The van der Waals surface area contributed by atoms with Gasteiger partial charge in [0.05, 0.1) is 6.61 Å². The molecule has 10 nitrogen and oxygen atoms in total. The van der Waals surface area contributed by atoms with E-state index in [1.165, 1.54) is 6.92 Å². The number of aliphatic hydroxyl groups excluding tert-OH is 4. The standard InChI is InChI=1S/C8H15NO6.C5H11NO2S/c1-3(11)9-5-7(13)6(12)4(2-10)15-8(5)14;1-9-3-2-4(6)5(7)8/h4-8,10,12-14H,2H2,1H3,(H,9,11);4H,2-3,6H2,1H3,(H,7,8)/t4-,5-,6-,7-,8?;4-/m10/s1. The van der Waals surface area contributed by atoms with Gasteiger partial charge in [0, 0.05) is 6.92 Å². The summed E-state index contributed by atoms with van der Waals surface area (Å²) in [6.07, 6.45) is -2.76. The van der Waals surface area contributed by atoms with Crippen molar-refractivity contribution < 1.29 is 39.9 Å². The number of aliphatic carboxylic acids is 1. The molecule has 0 aromatic rings. The lowest BCUT2D eigenvalue weighted by Crippen LogP contribution is -2.63. The van der Waals surface area contributed by atoms with Crippen molar-refractivity contribution in [1.29, 1.82) is 0 Å². The third-order valence-electron chi connectivity index (χ3n) is 3.22. The molecule has 1 rings (SSSR count). The lowest BCUT2D eigenvalue weighted by atomic mass is 9.97. The summed E-state index contributed by atoms with van der Waals surface area (Å²) in [7, 11) is 0. The molecule has 1 heterocycles. The van der Waals surface area contributed by atoms with Crippen LogP contribution in [0.25, 0.3) is 0 Å².